The van der Waals surface area contributed by atoms with E-state index < -0.39 is 0 Å². The van der Waals surface area contributed by atoms with Crippen LogP contribution in [0.3, 0.4) is 0 Å². The van der Waals surface area contributed by atoms with Gasteiger partial charge in [0.25, 0.3) is 0 Å². The maximum Gasteiger partial charge on any atom is 0.101 e. The molecule has 3 heteroatoms. The maximum atomic E-state index is 4.53. The Morgan fingerprint density at radius 3 is 3.00 bits per heavy atom. The van der Waals surface area contributed by atoms with Gasteiger partial charge in [-0.2, -0.15) is 11.3 Å². The molecule has 14 heavy (non-hydrogen) atoms. The molecule has 0 aliphatic rings. The molecule has 0 bridgehead atoms. The predicted molar refractivity (Wildman–Crippen MR) is 62.1 cm³/mol. The lowest BCUT2D eigenvalue weighted by Crippen LogP contribution is -1.87. The smallest absolute Gasteiger partial charge is 0.101 e. The van der Waals surface area contributed by atoms with Gasteiger partial charge in [-0.1, -0.05) is 24.8 Å². The lowest BCUT2D eigenvalue weighted by Gasteiger charge is -2.00. The molecule has 0 spiro atoms. The number of nitrogens with zero attached hydrogens (tertiary/aromatic N) is 1. The highest BCUT2D eigenvalue weighted by Gasteiger charge is 1.99. The van der Waals surface area contributed by atoms with Crippen LogP contribution in [-0.4, -0.2) is 4.98 Å². The first-order valence-electron chi connectivity index (χ1n) is 4.54. The number of thiophene rings is 1. The molecule has 0 atom stereocenters. The molecule has 72 valence electrons. The van der Waals surface area contributed by atoms with E-state index in [1.807, 2.05) is 0 Å². The summed E-state index contributed by atoms with van der Waals surface area (Å²) in [6.45, 7) is 2.13. The summed E-state index contributed by atoms with van der Waals surface area (Å²) in [6.07, 6.45) is 0.998. The standard InChI is InChI=1S/C11H11NS2/c1-2-9-4-3-5-11(12-9)14-10-6-7-13-8-10/h3-8H,2H2,1H3. The zero-order valence-corrected chi connectivity index (χ0v) is 9.57. The molecule has 2 aromatic heterocycles. The Bertz CT molecular complexity index is 395. The largest absolute Gasteiger partial charge is 0.246 e. The second kappa shape index (κ2) is 4.62. The van der Waals surface area contributed by atoms with E-state index in [-0.39, 0.29) is 0 Å². The van der Waals surface area contributed by atoms with Gasteiger partial charge in [0.2, 0.25) is 0 Å². The van der Waals surface area contributed by atoms with Gasteiger partial charge in [-0.05, 0) is 30.0 Å². The topological polar surface area (TPSA) is 12.9 Å². The molecule has 0 aliphatic carbocycles. The van der Waals surface area contributed by atoms with Crippen molar-refractivity contribution in [2.45, 2.75) is 23.3 Å². The third kappa shape index (κ3) is 2.36. The summed E-state index contributed by atoms with van der Waals surface area (Å²) in [5, 5.41) is 5.32. The molecule has 2 heterocycles. The summed E-state index contributed by atoms with van der Waals surface area (Å²) in [6, 6.07) is 8.31. The van der Waals surface area contributed by atoms with Crippen molar-refractivity contribution in [2.75, 3.05) is 0 Å². The van der Waals surface area contributed by atoms with E-state index >= 15 is 0 Å². The second-order valence-electron chi connectivity index (χ2n) is 2.88. The summed E-state index contributed by atoms with van der Waals surface area (Å²) in [5.74, 6) is 0. The van der Waals surface area contributed by atoms with Crippen LogP contribution in [0.1, 0.15) is 12.6 Å². The van der Waals surface area contributed by atoms with Crippen molar-refractivity contribution in [3.8, 4) is 0 Å². The average molecular weight is 221 g/mol. The summed E-state index contributed by atoms with van der Waals surface area (Å²) in [4.78, 5) is 5.81. The lowest BCUT2D eigenvalue weighted by molar-refractivity contribution is 0.972. The highest BCUT2D eigenvalue weighted by molar-refractivity contribution is 7.99. The van der Waals surface area contributed by atoms with Gasteiger partial charge in [-0.15, -0.1) is 0 Å². The molecule has 0 amide bonds. The Morgan fingerprint density at radius 2 is 2.29 bits per heavy atom. The molecule has 0 radical (unpaired) electrons. The van der Waals surface area contributed by atoms with Crippen LogP contribution >= 0.6 is 23.1 Å². The van der Waals surface area contributed by atoms with Crippen molar-refractivity contribution in [1.29, 1.82) is 0 Å². The van der Waals surface area contributed by atoms with Gasteiger partial charge in [0.15, 0.2) is 0 Å². The number of pyridine rings is 1. The first kappa shape index (κ1) is 9.74. The Labute approximate surface area is 92.2 Å². The van der Waals surface area contributed by atoms with Gasteiger partial charge in [-0.25, -0.2) is 4.98 Å². The molecular formula is C11H11NS2. The predicted octanol–water partition coefficient (Wildman–Crippen LogP) is 3.86. The molecule has 2 rings (SSSR count). The van der Waals surface area contributed by atoms with Crippen molar-refractivity contribution in [3.63, 3.8) is 0 Å². The molecule has 0 fully saturated rings. The summed E-state index contributed by atoms with van der Waals surface area (Å²) >= 11 is 3.44. The van der Waals surface area contributed by atoms with Crippen LogP contribution in [0.2, 0.25) is 0 Å². The minimum atomic E-state index is 0.998. The molecule has 0 N–H and O–H groups in total. The van der Waals surface area contributed by atoms with Gasteiger partial charge in [0, 0.05) is 16.0 Å². The molecule has 0 saturated heterocycles. The Balaban J connectivity index is 2.17. The molecular weight excluding hydrogens is 210 g/mol. The number of aromatic nitrogens is 1. The average Bonchev–Trinajstić information content (AvgIpc) is 2.71. The van der Waals surface area contributed by atoms with Gasteiger partial charge >= 0.3 is 0 Å². The Kier molecular flexibility index (Phi) is 3.22. The van der Waals surface area contributed by atoms with Crippen LogP contribution in [0.4, 0.5) is 0 Å². The van der Waals surface area contributed by atoms with E-state index in [1.54, 1.807) is 23.1 Å². The minimum absolute atomic E-state index is 0.998. The van der Waals surface area contributed by atoms with Gasteiger partial charge in [0.05, 0.1) is 0 Å². The minimum Gasteiger partial charge on any atom is -0.246 e. The van der Waals surface area contributed by atoms with Crippen molar-refractivity contribution >= 4 is 23.1 Å². The van der Waals surface area contributed by atoms with Crippen LogP contribution in [0.25, 0.3) is 0 Å². The fourth-order valence-electron chi connectivity index (χ4n) is 1.14. The fraction of sp³-hybridized carbons (Fsp3) is 0.182. The van der Waals surface area contributed by atoms with Gasteiger partial charge < -0.3 is 0 Å². The maximum absolute atomic E-state index is 4.53. The van der Waals surface area contributed by atoms with Crippen molar-refractivity contribution in [2.24, 2.45) is 0 Å². The van der Waals surface area contributed by atoms with E-state index in [2.05, 4.69) is 46.9 Å². The van der Waals surface area contributed by atoms with E-state index in [9.17, 15) is 0 Å². The number of hydrogen-bond acceptors (Lipinski definition) is 3. The molecule has 0 aromatic carbocycles. The quantitative estimate of drug-likeness (QED) is 0.780. The van der Waals surface area contributed by atoms with Crippen LogP contribution < -0.4 is 0 Å². The van der Waals surface area contributed by atoms with E-state index in [0.29, 0.717) is 0 Å². The molecule has 0 saturated carbocycles. The summed E-state index contributed by atoms with van der Waals surface area (Å²) < 4.78 is 0. The number of aryl methyl sites for hydroxylation is 1. The van der Waals surface area contributed by atoms with Crippen molar-refractivity contribution < 1.29 is 0 Å². The van der Waals surface area contributed by atoms with Crippen molar-refractivity contribution in [1.82, 2.24) is 4.98 Å². The van der Waals surface area contributed by atoms with Crippen LogP contribution in [-0.2, 0) is 6.42 Å². The second-order valence-corrected chi connectivity index (χ2v) is 4.76. The summed E-state index contributed by atoms with van der Waals surface area (Å²) in [7, 11) is 0. The SMILES string of the molecule is CCc1cccc(Sc2ccsc2)n1. The third-order valence-corrected chi connectivity index (χ3v) is 3.62. The van der Waals surface area contributed by atoms with Crippen LogP contribution in [0.5, 0.6) is 0 Å². The first-order chi connectivity index (χ1) is 6.88. The van der Waals surface area contributed by atoms with Crippen LogP contribution in [0, 0.1) is 0 Å². The zero-order valence-electron chi connectivity index (χ0n) is 7.93. The van der Waals surface area contributed by atoms with E-state index in [4.69, 9.17) is 0 Å². The molecule has 0 aliphatic heterocycles. The fourth-order valence-corrected chi connectivity index (χ4v) is 2.79. The van der Waals surface area contributed by atoms with E-state index in [0.717, 1.165) is 17.1 Å². The lowest BCUT2D eigenvalue weighted by atomic mass is 10.3. The van der Waals surface area contributed by atoms with Gasteiger partial charge in [0.1, 0.15) is 5.03 Å². The first-order valence-corrected chi connectivity index (χ1v) is 6.30. The summed E-state index contributed by atoms with van der Waals surface area (Å²) in [5.41, 5.74) is 1.16. The molecule has 1 nitrogen and oxygen atoms in total. The number of rotatable bonds is 3. The number of hydrogen-bond donors (Lipinski definition) is 0. The van der Waals surface area contributed by atoms with Crippen molar-refractivity contribution in [3.05, 3.63) is 40.7 Å². The zero-order chi connectivity index (χ0) is 9.80. The van der Waals surface area contributed by atoms with E-state index in [1.165, 1.54) is 4.90 Å². The molecule has 0 unspecified atom stereocenters. The normalized spacial score (nSPS) is 10.4. The van der Waals surface area contributed by atoms with Gasteiger partial charge in [-0.3, -0.25) is 0 Å². The Hall–Kier alpha value is -0.800. The third-order valence-electron chi connectivity index (χ3n) is 1.86. The molecule has 2 aromatic rings. The monoisotopic (exact) mass is 221 g/mol. The highest BCUT2D eigenvalue weighted by Crippen LogP contribution is 2.27. The Morgan fingerprint density at radius 1 is 1.36 bits per heavy atom. The van der Waals surface area contributed by atoms with Crippen LogP contribution in [0.15, 0.2) is 44.9 Å². The highest BCUT2D eigenvalue weighted by atomic mass is 32.2.